The molecule has 2 aromatic carbocycles. The van der Waals surface area contributed by atoms with Gasteiger partial charge in [0.25, 0.3) is 5.91 Å². The minimum absolute atomic E-state index is 0.0816. The van der Waals surface area contributed by atoms with Gasteiger partial charge in [0.2, 0.25) is 0 Å². The van der Waals surface area contributed by atoms with Crippen LogP contribution in [0.25, 0.3) is 0 Å². The number of hydrogen-bond acceptors (Lipinski definition) is 3. The first-order valence-electron chi connectivity index (χ1n) is 9.05. The van der Waals surface area contributed by atoms with E-state index in [2.05, 4.69) is 16.3 Å². The second kappa shape index (κ2) is 8.06. The van der Waals surface area contributed by atoms with E-state index in [1.807, 2.05) is 50.2 Å². The lowest BCUT2D eigenvalue weighted by atomic mass is 10.1. The predicted molar refractivity (Wildman–Crippen MR) is 103 cm³/mol. The van der Waals surface area contributed by atoms with E-state index in [0.29, 0.717) is 11.3 Å². The average molecular weight is 338 g/mol. The molecule has 0 spiro atoms. The molecule has 2 aromatic rings. The molecular weight excluding hydrogens is 312 g/mol. The smallest absolute Gasteiger partial charge is 0.255 e. The fraction of sp³-hybridized carbons (Fsp3) is 0.381. The van der Waals surface area contributed by atoms with E-state index >= 15 is 0 Å². The molecule has 1 N–H and O–H groups in total. The SMILES string of the molecule is CC(C)Oc1cccc(C(=O)Nc2ccccc2N2CCCCC2)c1. The maximum atomic E-state index is 12.7. The molecule has 0 atom stereocenters. The number of carbonyl (C=O) groups excluding carboxylic acids is 1. The monoisotopic (exact) mass is 338 g/mol. The van der Waals surface area contributed by atoms with Gasteiger partial charge in [-0.25, -0.2) is 0 Å². The number of nitrogens with zero attached hydrogens (tertiary/aromatic N) is 1. The highest BCUT2D eigenvalue weighted by Crippen LogP contribution is 2.29. The van der Waals surface area contributed by atoms with E-state index in [4.69, 9.17) is 4.74 Å². The van der Waals surface area contributed by atoms with Crippen molar-refractivity contribution in [3.8, 4) is 5.75 Å². The van der Waals surface area contributed by atoms with Crippen LogP contribution in [0.3, 0.4) is 0 Å². The minimum atomic E-state index is -0.112. The van der Waals surface area contributed by atoms with Gasteiger partial charge in [-0.15, -0.1) is 0 Å². The standard InChI is InChI=1S/C21H26N2O2/c1-16(2)25-18-10-8-9-17(15-18)21(24)22-19-11-4-5-12-20(19)23-13-6-3-7-14-23/h4-5,8-12,15-16H,3,6-7,13-14H2,1-2H3,(H,22,24). The van der Waals surface area contributed by atoms with E-state index < -0.39 is 0 Å². The molecule has 0 unspecified atom stereocenters. The Labute approximate surface area is 149 Å². The number of anilines is 2. The van der Waals surface area contributed by atoms with Crippen LogP contribution in [0.4, 0.5) is 11.4 Å². The summed E-state index contributed by atoms with van der Waals surface area (Å²) in [6.45, 7) is 6.04. The van der Waals surface area contributed by atoms with Crippen molar-refractivity contribution in [3.63, 3.8) is 0 Å². The molecule has 4 nitrogen and oxygen atoms in total. The van der Waals surface area contributed by atoms with Crippen molar-refractivity contribution in [2.24, 2.45) is 0 Å². The highest BCUT2D eigenvalue weighted by molar-refractivity contribution is 6.06. The Morgan fingerprint density at radius 2 is 1.80 bits per heavy atom. The molecule has 1 saturated heterocycles. The number of nitrogens with one attached hydrogen (secondary N) is 1. The first kappa shape index (κ1) is 17.3. The molecule has 132 valence electrons. The van der Waals surface area contributed by atoms with Crippen molar-refractivity contribution in [2.45, 2.75) is 39.2 Å². The zero-order valence-electron chi connectivity index (χ0n) is 15.0. The summed E-state index contributed by atoms with van der Waals surface area (Å²) in [4.78, 5) is 15.1. The summed E-state index contributed by atoms with van der Waals surface area (Å²) < 4.78 is 5.69. The molecular formula is C21H26N2O2. The Balaban J connectivity index is 1.77. The van der Waals surface area contributed by atoms with Gasteiger partial charge in [0.05, 0.1) is 17.5 Å². The summed E-state index contributed by atoms with van der Waals surface area (Å²) in [5, 5.41) is 3.07. The Hall–Kier alpha value is -2.49. The van der Waals surface area contributed by atoms with Gasteiger partial charge in [-0.05, 0) is 63.4 Å². The van der Waals surface area contributed by atoms with Gasteiger partial charge in [-0.2, -0.15) is 0 Å². The van der Waals surface area contributed by atoms with E-state index in [1.165, 1.54) is 19.3 Å². The number of hydrogen-bond donors (Lipinski definition) is 1. The van der Waals surface area contributed by atoms with E-state index in [-0.39, 0.29) is 12.0 Å². The Morgan fingerprint density at radius 1 is 1.04 bits per heavy atom. The van der Waals surface area contributed by atoms with E-state index in [0.717, 1.165) is 24.5 Å². The highest BCUT2D eigenvalue weighted by atomic mass is 16.5. The molecule has 1 fully saturated rings. The third kappa shape index (κ3) is 4.53. The molecule has 25 heavy (non-hydrogen) atoms. The number of ether oxygens (including phenoxy) is 1. The average Bonchev–Trinajstić information content (AvgIpc) is 2.62. The van der Waals surface area contributed by atoms with Crippen molar-refractivity contribution < 1.29 is 9.53 Å². The van der Waals surface area contributed by atoms with Gasteiger partial charge >= 0.3 is 0 Å². The molecule has 0 bridgehead atoms. The molecule has 1 amide bonds. The second-order valence-corrected chi connectivity index (χ2v) is 6.71. The van der Waals surface area contributed by atoms with Gasteiger partial charge in [0.15, 0.2) is 0 Å². The lowest BCUT2D eigenvalue weighted by Crippen LogP contribution is -2.30. The molecule has 0 radical (unpaired) electrons. The van der Waals surface area contributed by atoms with Crippen LogP contribution < -0.4 is 15.0 Å². The Kier molecular flexibility index (Phi) is 5.59. The second-order valence-electron chi connectivity index (χ2n) is 6.71. The van der Waals surface area contributed by atoms with Gasteiger partial charge < -0.3 is 15.0 Å². The first-order valence-corrected chi connectivity index (χ1v) is 9.05. The van der Waals surface area contributed by atoms with E-state index in [1.54, 1.807) is 6.07 Å². The largest absolute Gasteiger partial charge is 0.491 e. The summed E-state index contributed by atoms with van der Waals surface area (Å²) in [5.74, 6) is 0.602. The van der Waals surface area contributed by atoms with Gasteiger partial charge in [-0.3, -0.25) is 4.79 Å². The van der Waals surface area contributed by atoms with Gasteiger partial charge in [0, 0.05) is 18.7 Å². The molecule has 3 rings (SSSR count). The lowest BCUT2D eigenvalue weighted by Gasteiger charge is -2.30. The third-order valence-electron chi connectivity index (χ3n) is 4.32. The van der Waals surface area contributed by atoms with Crippen LogP contribution in [0.5, 0.6) is 5.75 Å². The molecule has 0 aliphatic carbocycles. The van der Waals surface area contributed by atoms with Crippen LogP contribution >= 0.6 is 0 Å². The Bertz CT molecular complexity index is 721. The fourth-order valence-electron chi connectivity index (χ4n) is 3.17. The molecule has 4 heteroatoms. The summed E-state index contributed by atoms with van der Waals surface area (Å²) in [6, 6.07) is 15.4. The van der Waals surface area contributed by atoms with Crippen molar-refractivity contribution >= 4 is 17.3 Å². The number of amides is 1. The summed E-state index contributed by atoms with van der Waals surface area (Å²) in [6.07, 6.45) is 3.78. The maximum Gasteiger partial charge on any atom is 0.255 e. The minimum Gasteiger partial charge on any atom is -0.491 e. The quantitative estimate of drug-likeness (QED) is 0.858. The lowest BCUT2D eigenvalue weighted by molar-refractivity contribution is 0.102. The van der Waals surface area contributed by atoms with Crippen LogP contribution in [0.1, 0.15) is 43.5 Å². The maximum absolute atomic E-state index is 12.7. The van der Waals surface area contributed by atoms with Gasteiger partial charge in [0.1, 0.15) is 5.75 Å². The number of piperidine rings is 1. The first-order chi connectivity index (χ1) is 12.1. The molecule has 1 aliphatic rings. The number of carbonyl (C=O) groups is 1. The normalized spacial score (nSPS) is 14.4. The summed E-state index contributed by atoms with van der Waals surface area (Å²) in [5.41, 5.74) is 2.57. The van der Waals surface area contributed by atoms with E-state index in [9.17, 15) is 4.79 Å². The van der Waals surface area contributed by atoms with Crippen molar-refractivity contribution in [2.75, 3.05) is 23.3 Å². The topological polar surface area (TPSA) is 41.6 Å². The zero-order chi connectivity index (χ0) is 17.6. The zero-order valence-corrected chi connectivity index (χ0v) is 15.0. The number of benzene rings is 2. The molecule has 1 aliphatic heterocycles. The third-order valence-corrected chi connectivity index (χ3v) is 4.32. The van der Waals surface area contributed by atoms with Gasteiger partial charge in [-0.1, -0.05) is 18.2 Å². The van der Waals surface area contributed by atoms with Crippen LogP contribution in [0, 0.1) is 0 Å². The molecule has 0 aromatic heterocycles. The summed E-state index contributed by atoms with van der Waals surface area (Å²) in [7, 11) is 0. The molecule has 0 saturated carbocycles. The molecule has 1 heterocycles. The van der Waals surface area contributed by atoms with Crippen molar-refractivity contribution in [3.05, 3.63) is 54.1 Å². The van der Waals surface area contributed by atoms with Crippen LogP contribution in [0.2, 0.25) is 0 Å². The highest BCUT2D eigenvalue weighted by Gasteiger charge is 2.16. The van der Waals surface area contributed by atoms with Crippen LogP contribution in [0.15, 0.2) is 48.5 Å². The number of para-hydroxylation sites is 2. The van der Waals surface area contributed by atoms with Crippen molar-refractivity contribution in [1.29, 1.82) is 0 Å². The number of rotatable bonds is 5. The fourth-order valence-corrected chi connectivity index (χ4v) is 3.17. The van der Waals surface area contributed by atoms with Crippen LogP contribution in [-0.4, -0.2) is 25.1 Å². The van der Waals surface area contributed by atoms with Crippen molar-refractivity contribution in [1.82, 2.24) is 0 Å². The summed E-state index contributed by atoms with van der Waals surface area (Å²) >= 11 is 0. The Morgan fingerprint density at radius 3 is 2.56 bits per heavy atom. The predicted octanol–water partition coefficient (Wildman–Crippen LogP) is 4.72. The van der Waals surface area contributed by atoms with Crippen LogP contribution in [-0.2, 0) is 0 Å².